The van der Waals surface area contributed by atoms with Gasteiger partial charge in [0.2, 0.25) is 12.7 Å². The van der Waals surface area contributed by atoms with Crippen molar-refractivity contribution in [1.29, 1.82) is 0 Å². The fourth-order valence-corrected chi connectivity index (χ4v) is 4.59. The van der Waals surface area contributed by atoms with Crippen LogP contribution in [-0.4, -0.2) is 41.0 Å². The zero-order valence-corrected chi connectivity index (χ0v) is 18.2. The molecule has 0 radical (unpaired) electrons. The van der Waals surface area contributed by atoms with E-state index >= 15 is 0 Å². The number of hydrogen-bond acceptors (Lipinski definition) is 9. The number of thioether (sulfide) groups is 1. The number of aromatic nitrogens is 2. The molecule has 0 bridgehead atoms. The molecule has 0 saturated heterocycles. The highest BCUT2D eigenvalue weighted by molar-refractivity contribution is 8.00. The Bertz CT molecular complexity index is 1150. The van der Waals surface area contributed by atoms with Crippen LogP contribution in [0.5, 0.6) is 11.5 Å². The van der Waals surface area contributed by atoms with Gasteiger partial charge >= 0.3 is 5.97 Å². The summed E-state index contributed by atoms with van der Waals surface area (Å²) in [5.41, 5.74) is 2.28. The number of fused-ring (bicyclic) bond motifs is 2. The fraction of sp³-hybridized carbons (Fsp3) is 0.300. The molecule has 0 aliphatic carbocycles. The predicted molar refractivity (Wildman–Crippen MR) is 115 cm³/mol. The molecule has 156 valence electrons. The first-order valence-corrected chi connectivity index (χ1v) is 11.0. The molecule has 1 aliphatic heterocycles. The van der Waals surface area contributed by atoms with Gasteiger partial charge in [0.05, 0.1) is 23.6 Å². The molecule has 3 heterocycles. The Morgan fingerprint density at radius 2 is 1.97 bits per heavy atom. The minimum atomic E-state index is -0.431. The molecule has 1 N–H and O–H groups in total. The molecule has 0 fully saturated rings. The predicted octanol–water partition coefficient (Wildman–Crippen LogP) is 3.94. The molecule has 0 atom stereocenters. The van der Waals surface area contributed by atoms with Crippen LogP contribution < -0.4 is 14.8 Å². The minimum absolute atomic E-state index is 0.164. The average Bonchev–Trinajstić information content (AvgIpc) is 3.30. The summed E-state index contributed by atoms with van der Waals surface area (Å²) in [6, 6.07) is 5.77. The van der Waals surface area contributed by atoms with Crippen molar-refractivity contribution in [2.45, 2.75) is 25.8 Å². The first kappa shape index (κ1) is 20.4. The number of aryl methyl sites for hydroxylation is 2. The Hall–Kier alpha value is -2.85. The van der Waals surface area contributed by atoms with Gasteiger partial charge in [-0.15, -0.1) is 0 Å². The van der Waals surface area contributed by atoms with Crippen molar-refractivity contribution in [2.75, 3.05) is 24.5 Å². The van der Waals surface area contributed by atoms with Crippen LogP contribution in [0, 0.1) is 13.8 Å². The van der Waals surface area contributed by atoms with Gasteiger partial charge in [-0.1, -0.05) is 23.1 Å². The van der Waals surface area contributed by atoms with Gasteiger partial charge in [0.15, 0.2) is 16.6 Å². The summed E-state index contributed by atoms with van der Waals surface area (Å²) in [5.74, 6) is 0.890. The van der Waals surface area contributed by atoms with E-state index in [0.29, 0.717) is 27.2 Å². The molecule has 2 aromatic heterocycles. The number of ether oxygens (including phenoxy) is 3. The lowest BCUT2D eigenvalue weighted by Crippen LogP contribution is -2.14. The summed E-state index contributed by atoms with van der Waals surface area (Å²) in [7, 11) is 0. The van der Waals surface area contributed by atoms with Gasteiger partial charge in [-0.3, -0.25) is 4.79 Å². The zero-order chi connectivity index (χ0) is 21.3. The zero-order valence-electron chi connectivity index (χ0n) is 16.6. The largest absolute Gasteiger partial charge is 0.462 e. The van der Waals surface area contributed by atoms with Crippen molar-refractivity contribution >= 4 is 51.0 Å². The van der Waals surface area contributed by atoms with Crippen molar-refractivity contribution in [2.24, 2.45) is 0 Å². The molecule has 10 heteroatoms. The van der Waals surface area contributed by atoms with Gasteiger partial charge in [-0.25, -0.2) is 14.8 Å². The van der Waals surface area contributed by atoms with E-state index in [1.165, 1.54) is 11.8 Å². The van der Waals surface area contributed by atoms with Gasteiger partial charge in [0.1, 0.15) is 9.90 Å². The number of nitrogens with zero attached hydrogens (tertiary/aromatic N) is 2. The van der Waals surface area contributed by atoms with E-state index in [4.69, 9.17) is 14.2 Å². The van der Waals surface area contributed by atoms with Crippen LogP contribution in [0.1, 0.15) is 27.9 Å². The van der Waals surface area contributed by atoms with Crippen LogP contribution in [0.2, 0.25) is 0 Å². The number of rotatable bonds is 6. The van der Waals surface area contributed by atoms with E-state index < -0.39 is 5.97 Å². The summed E-state index contributed by atoms with van der Waals surface area (Å²) in [5, 5.41) is 4.83. The monoisotopic (exact) mass is 445 g/mol. The Balaban J connectivity index is 1.43. The number of carbonyl (C=O) groups is 2. The van der Waals surface area contributed by atoms with E-state index in [2.05, 4.69) is 15.3 Å². The third-order valence-corrected chi connectivity index (χ3v) is 6.44. The fourth-order valence-electron chi connectivity index (χ4n) is 2.92. The van der Waals surface area contributed by atoms with Gasteiger partial charge in [0, 0.05) is 11.5 Å². The van der Waals surface area contributed by atoms with Crippen LogP contribution in [-0.2, 0) is 9.53 Å². The summed E-state index contributed by atoms with van der Waals surface area (Å²) in [6.45, 7) is 5.90. The van der Waals surface area contributed by atoms with Crippen LogP contribution in [0.15, 0.2) is 23.2 Å². The lowest BCUT2D eigenvalue weighted by Gasteiger charge is -2.08. The number of carbonyl (C=O) groups excluding carboxylic acids is 2. The third kappa shape index (κ3) is 4.19. The van der Waals surface area contributed by atoms with Gasteiger partial charge in [-0.2, -0.15) is 0 Å². The number of nitrogens with one attached hydrogen (secondary N) is 1. The quantitative estimate of drug-likeness (QED) is 0.450. The second kappa shape index (κ2) is 8.49. The Morgan fingerprint density at radius 1 is 1.20 bits per heavy atom. The molecule has 0 saturated carbocycles. The Labute approximate surface area is 181 Å². The van der Waals surface area contributed by atoms with E-state index in [9.17, 15) is 9.59 Å². The third-order valence-electron chi connectivity index (χ3n) is 4.30. The van der Waals surface area contributed by atoms with Gasteiger partial charge in [-0.05, 0) is 38.5 Å². The number of benzene rings is 1. The highest BCUT2D eigenvalue weighted by atomic mass is 32.2. The topological polar surface area (TPSA) is 99.6 Å². The van der Waals surface area contributed by atoms with Crippen molar-refractivity contribution in [3.63, 3.8) is 0 Å². The summed E-state index contributed by atoms with van der Waals surface area (Å²) in [6.07, 6.45) is 0. The standard InChI is InChI=1S/C20H19N3O5S2/c1-4-26-19(25)17-11(3)21-20(30-17)23-16(24)8-29-18-10(2)5-12-6-14-15(28-9-27-14)7-13(12)22-18/h5-7H,4,8-9H2,1-3H3,(H,21,23,24). The molecule has 1 amide bonds. The second-order valence-corrected chi connectivity index (χ2v) is 8.46. The molecule has 30 heavy (non-hydrogen) atoms. The normalized spacial score (nSPS) is 12.2. The van der Waals surface area contributed by atoms with E-state index in [0.717, 1.165) is 32.8 Å². The number of esters is 1. The van der Waals surface area contributed by atoms with E-state index in [1.807, 2.05) is 25.1 Å². The number of thiazole rings is 1. The van der Waals surface area contributed by atoms with E-state index in [1.54, 1.807) is 13.8 Å². The lowest BCUT2D eigenvalue weighted by molar-refractivity contribution is -0.113. The van der Waals surface area contributed by atoms with Crippen molar-refractivity contribution in [3.05, 3.63) is 34.3 Å². The SMILES string of the molecule is CCOC(=O)c1sc(NC(=O)CSc2nc3cc4c(cc3cc2C)OCO4)nc1C. The van der Waals surface area contributed by atoms with Crippen molar-refractivity contribution in [3.8, 4) is 11.5 Å². The minimum Gasteiger partial charge on any atom is -0.462 e. The first-order chi connectivity index (χ1) is 14.4. The van der Waals surface area contributed by atoms with Crippen LogP contribution >= 0.6 is 23.1 Å². The molecular formula is C20H19N3O5S2. The lowest BCUT2D eigenvalue weighted by atomic mass is 10.1. The van der Waals surface area contributed by atoms with Crippen LogP contribution in [0.4, 0.5) is 5.13 Å². The summed E-state index contributed by atoms with van der Waals surface area (Å²) >= 11 is 2.44. The molecule has 3 aromatic rings. The first-order valence-electron chi connectivity index (χ1n) is 9.22. The number of anilines is 1. The maximum Gasteiger partial charge on any atom is 0.350 e. The molecule has 8 nitrogen and oxygen atoms in total. The van der Waals surface area contributed by atoms with E-state index in [-0.39, 0.29) is 25.1 Å². The van der Waals surface area contributed by atoms with Crippen molar-refractivity contribution < 1.29 is 23.8 Å². The van der Waals surface area contributed by atoms with Crippen molar-refractivity contribution in [1.82, 2.24) is 9.97 Å². The number of amides is 1. The molecular weight excluding hydrogens is 426 g/mol. The molecule has 4 rings (SSSR count). The number of hydrogen-bond donors (Lipinski definition) is 1. The maximum absolute atomic E-state index is 12.4. The summed E-state index contributed by atoms with van der Waals surface area (Å²) in [4.78, 5) is 33.6. The van der Waals surface area contributed by atoms with Crippen LogP contribution in [0.25, 0.3) is 10.9 Å². The van der Waals surface area contributed by atoms with Gasteiger partial charge < -0.3 is 19.5 Å². The average molecular weight is 446 g/mol. The maximum atomic E-state index is 12.4. The van der Waals surface area contributed by atoms with Gasteiger partial charge in [0.25, 0.3) is 0 Å². The molecule has 1 aromatic carbocycles. The summed E-state index contributed by atoms with van der Waals surface area (Å²) < 4.78 is 15.8. The Morgan fingerprint density at radius 3 is 2.73 bits per heavy atom. The smallest absolute Gasteiger partial charge is 0.350 e. The molecule has 1 aliphatic rings. The number of pyridine rings is 1. The molecule has 0 unspecified atom stereocenters. The highest BCUT2D eigenvalue weighted by Crippen LogP contribution is 2.37. The molecule has 0 spiro atoms. The Kier molecular flexibility index (Phi) is 5.78. The van der Waals surface area contributed by atoms with Crippen LogP contribution in [0.3, 0.4) is 0 Å². The highest BCUT2D eigenvalue weighted by Gasteiger charge is 2.19. The second-order valence-electron chi connectivity index (χ2n) is 6.50.